The van der Waals surface area contributed by atoms with E-state index in [1.807, 2.05) is 0 Å². The molecular weight excluding hydrogens is 332 g/mol. The zero-order valence-corrected chi connectivity index (χ0v) is 17.8. The van der Waals surface area contributed by atoms with Crippen LogP contribution in [0.5, 0.6) is 0 Å². The van der Waals surface area contributed by atoms with Crippen molar-refractivity contribution in [1.29, 1.82) is 0 Å². The average molecular weight is 371 g/mol. The van der Waals surface area contributed by atoms with Crippen molar-refractivity contribution in [2.75, 3.05) is 31.1 Å². The molecule has 0 spiro atoms. The lowest BCUT2D eigenvalue weighted by Crippen LogP contribution is -2.49. The van der Waals surface area contributed by atoms with Crippen LogP contribution in [0.1, 0.15) is 77.7 Å². The van der Waals surface area contributed by atoms with E-state index in [1.54, 1.807) is 0 Å². The molecule has 0 atom stereocenters. The highest BCUT2D eigenvalue weighted by atomic mass is 16.2. The van der Waals surface area contributed by atoms with Crippen LogP contribution >= 0.6 is 0 Å². The highest BCUT2D eigenvalue weighted by molar-refractivity contribution is 5.76. The Morgan fingerprint density at radius 1 is 1.00 bits per heavy atom. The molecule has 0 bridgehead atoms. The van der Waals surface area contributed by atoms with Crippen LogP contribution in [0.2, 0.25) is 0 Å². The van der Waals surface area contributed by atoms with E-state index in [0.717, 1.165) is 38.5 Å². The zero-order valence-electron chi connectivity index (χ0n) is 17.8. The van der Waals surface area contributed by atoms with Crippen molar-refractivity contribution >= 4 is 11.6 Å². The fraction of sp³-hybridized carbons (Fsp3) is 0.708. The molecule has 2 fully saturated rings. The van der Waals surface area contributed by atoms with Gasteiger partial charge in [-0.2, -0.15) is 0 Å². The average Bonchev–Trinajstić information content (AvgIpc) is 2.68. The Morgan fingerprint density at radius 3 is 2.22 bits per heavy atom. The fourth-order valence-electron chi connectivity index (χ4n) is 4.96. The Morgan fingerprint density at radius 2 is 1.63 bits per heavy atom. The predicted octanol–water partition coefficient (Wildman–Crippen LogP) is 5.46. The SMILES string of the molecule is CCCC(=O)N1CCN(c2ccccc2C2CCC(C(C)(C)C)CC2)CC1. The summed E-state index contributed by atoms with van der Waals surface area (Å²) in [6.07, 6.45) is 6.96. The van der Waals surface area contributed by atoms with Crippen LogP contribution in [0.3, 0.4) is 0 Å². The first-order chi connectivity index (χ1) is 12.9. The van der Waals surface area contributed by atoms with Gasteiger partial charge < -0.3 is 9.80 Å². The fourth-order valence-corrected chi connectivity index (χ4v) is 4.96. The van der Waals surface area contributed by atoms with Crippen molar-refractivity contribution in [2.45, 2.75) is 72.1 Å². The van der Waals surface area contributed by atoms with E-state index in [-0.39, 0.29) is 0 Å². The van der Waals surface area contributed by atoms with Crippen LogP contribution in [0, 0.1) is 11.3 Å². The number of rotatable bonds is 4. The molecule has 1 saturated heterocycles. The lowest BCUT2D eigenvalue weighted by molar-refractivity contribution is -0.131. The van der Waals surface area contributed by atoms with Gasteiger partial charge in [0, 0.05) is 38.3 Å². The molecule has 1 aliphatic carbocycles. The molecule has 1 heterocycles. The molecule has 1 amide bonds. The molecule has 3 rings (SSSR count). The van der Waals surface area contributed by atoms with Gasteiger partial charge in [-0.15, -0.1) is 0 Å². The number of piperazine rings is 1. The van der Waals surface area contributed by atoms with Crippen molar-refractivity contribution < 1.29 is 4.79 Å². The maximum absolute atomic E-state index is 12.2. The van der Waals surface area contributed by atoms with E-state index in [4.69, 9.17) is 0 Å². The Balaban J connectivity index is 1.65. The number of nitrogens with zero attached hydrogens (tertiary/aromatic N) is 2. The first-order valence-electron chi connectivity index (χ1n) is 11.0. The van der Waals surface area contributed by atoms with Gasteiger partial charge in [0.15, 0.2) is 0 Å². The smallest absolute Gasteiger partial charge is 0.222 e. The van der Waals surface area contributed by atoms with Crippen molar-refractivity contribution in [2.24, 2.45) is 11.3 Å². The molecule has 0 N–H and O–H groups in total. The predicted molar refractivity (Wildman–Crippen MR) is 114 cm³/mol. The number of carbonyl (C=O) groups excluding carboxylic acids is 1. The maximum Gasteiger partial charge on any atom is 0.222 e. The van der Waals surface area contributed by atoms with E-state index < -0.39 is 0 Å². The number of amides is 1. The molecule has 1 aromatic rings. The number of hydrogen-bond donors (Lipinski definition) is 0. The lowest BCUT2D eigenvalue weighted by atomic mass is 9.68. The van der Waals surface area contributed by atoms with Crippen LogP contribution in [-0.4, -0.2) is 37.0 Å². The molecule has 1 aromatic carbocycles. The van der Waals surface area contributed by atoms with Crippen molar-refractivity contribution in [3.63, 3.8) is 0 Å². The molecule has 1 saturated carbocycles. The highest BCUT2D eigenvalue weighted by Crippen LogP contribution is 2.45. The standard InChI is InChI=1S/C24H38N2O/c1-5-8-23(27)26-17-15-25(16-18-26)22-10-7-6-9-21(22)19-11-13-20(14-12-19)24(2,3)4/h6-7,9-10,19-20H,5,8,11-18H2,1-4H3. The maximum atomic E-state index is 12.2. The topological polar surface area (TPSA) is 23.6 Å². The summed E-state index contributed by atoms with van der Waals surface area (Å²) in [6, 6.07) is 9.03. The first-order valence-corrected chi connectivity index (χ1v) is 11.0. The molecule has 1 aliphatic heterocycles. The number of hydrogen-bond acceptors (Lipinski definition) is 2. The minimum atomic E-state index is 0.325. The van der Waals surface area contributed by atoms with E-state index in [0.29, 0.717) is 23.7 Å². The van der Waals surface area contributed by atoms with Crippen molar-refractivity contribution in [3.8, 4) is 0 Å². The molecule has 2 aliphatic rings. The van der Waals surface area contributed by atoms with Gasteiger partial charge >= 0.3 is 0 Å². The Hall–Kier alpha value is -1.51. The summed E-state index contributed by atoms with van der Waals surface area (Å²) < 4.78 is 0. The number of anilines is 1. The summed E-state index contributed by atoms with van der Waals surface area (Å²) in [5.41, 5.74) is 3.39. The Kier molecular flexibility index (Phi) is 6.49. The summed E-state index contributed by atoms with van der Waals surface area (Å²) >= 11 is 0. The van der Waals surface area contributed by atoms with Gasteiger partial charge in [-0.1, -0.05) is 45.9 Å². The summed E-state index contributed by atoms with van der Waals surface area (Å²) in [5.74, 6) is 1.87. The number of carbonyl (C=O) groups is 1. The Labute approximate surface area is 166 Å². The summed E-state index contributed by atoms with van der Waals surface area (Å²) in [5, 5.41) is 0. The molecule has 0 aromatic heterocycles. The summed E-state index contributed by atoms with van der Waals surface area (Å²) in [6.45, 7) is 12.9. The van der Waals surface area contributed by atoms with Gasteiger partial charge in [-0.25, -0.2) is 0 Å². The minimum Gasteiger partial charge on any atom is -0.368 e. The normalized spacial score (nSPS) is 24.1. The van der Waals surface area contributed by atoms with Gasteiger partial charge in [0.05, 0.1) is 0 Å². The largest absolute Gasteiger partial charge is 0.368 e. The first kappa shape index (κ1) is 20.2. The van der Waals surface area contributed by atoms with Crippen molar-refractivity contribution in [3.05, 3.63) is 29.8 Å². The van der Waals surface area contributed by atoms with Crippen LogP contribution in [0.15, 0.2) is 24.3 Å². The molecular formula is C24H38N2O. The number of para-hydroxylation sites is 1. The van der Waals surface area contributed by atoms with Crippen LogP contribution in [0.4, 0.5) is 5.69 Å². The van der Waals surface area contributed by atoms with Gasteiger partial charge in [-0.3, -0.25) is 4.79 Å². The second-order valence-electron chi connectivity index (χ2n) is 9.59. The van der Waals surface area contributed by atoms with Gasteiger partial charge in [0.1, 0.15) is 0 Å². The van der Waals surface area contributed by atoms with E-state index in [2.05, 4.69) is 61.8 Å². The van der Waals surface area contributed by atoms with Gasteiger partial charge in [0.2, 0.25) is 5.91 Å². The van der Waals surface area contributed by atoms with Crippen LogP contribution in [-0.2, 0) is 4.79 Å². The molecule has 0 unspecified atom stereocenters. The summed E-state index contributed by atoms with van der Waals surface area (Å²) in [4.78, 5) is 16.7. The molecule has 150 valence electrons. The van der Waals surface area contributed by atoms with Crippen LogP contribution in [0.25, 0.3) is 0 Å². The number of benzene rings is 1. The second-order valence-corrected chi connectivity index (χ2v) is 9.59. The van der Waals surface area contributed by atoms with E-state index >= 15 is 0 Å². The van der Waals surface area contributed by atoms with E-state index in [9.17, 15) is 4.79 Å². The van der Waals surface area contributed by atoms with Crippen LogP contribution < -0.4 is 4.90 Å². The highest BCUT2D eigenvalue weighted by Gasteiger charge is 2.31. The molecule has 3 nitrogen and oxygen atoms in total. The monoisotopic (exact) mass is 370 g/mol. The third-order valence-corrected chi connectivity index (χ3v) is 6.77. The quantitative estimate of drug-likeness (QED) is 0.703. The zero-order chi connectivity index (χ0) is 19.4. The molecule has 27 heavy (non-hydrogen) atoms. The molecule has 0 radical (unpaired) electrons. The third-order valence-electron chi connectivity index (χ3n) is 6.77. The van der Waals surface area contributed by atoms with Gasteiger partial charge in [-0.05, 0) is 61.0 Å². The Bertz CT molecular complexity index is 618. The third kappa shape index (κ3) is 4.86. The second kappa shape index (κ2) is 8.67. The minimum absolute atomic E-state index is 0.325. The van der Waals surface area contributed by atoms with E-state index in [1.165, 1.54) is 36.9 Å². The summed E-state index contributed by atoms with van der Waals surface area (Å²) in [7, 11) is 0. The lowest BCUT2D eigenvalue weighted by Gasteiger charge is -2.40. The molecule has 3 heteroatoms. The van der Waals surface area contributed by atoms with Gasteiger partial charge in [0.25, 0.3) is 0 Å². The van der Waals surface area contributed by atoms with Crippen molar-refractivity contribution in [1.82, 2.24) is 4.90 Å².